The van der Waals surface area contributed by atoms with Gasteiger partial charge in [0.05, 0.1) is 0 Å². The largest absolute Gasteiger partial charge is 0.354 e. The number of carbonyl (C=O) groups is 1. The van der Waals surface area contributed by atoms with Crippen LogP contribution in [0.1, 0.15) is 12.0 Å². The van der Waals surface area contributed by atoms with Crippen molar-refractivity contribution in [2.45, 2.75) is 19.0 Å². The highest BCUT2D eigenvalue weighted by Gasteiger charge is 2.20. The van der Waals surface area contributed by atoms with Crippen LogP contribution in [0.3, 0.4) is 0 Å². The molecule has 0 saturated carbocycles. The standard InChI is InChI=1S/C11H12Br2N2O/c12-9-2-1-7(3-10(9)13)5-14-8-4-11(16)15-6-8/h1-3,8,14H,4-6H2,(H,15,16). The van der Waals surface area contributed by atoms with Crippen molar-refractivity contribution in [1.82, 2.24) is 10.6 Å². The van der Waals surface area contributed by atoms with E-state index in [1.807, 2.05) is 6.07 Å². The number of rotatable bonds is 3. The average Bonchev–Trinajstić information content (AvgIpc) is 2.66. The monoisotopic (exact) mass is 346 g/mol. The molecule has 1 aromatic rings. The predicted octanol–water partition coefficient (Wildman–Crippen LogP) is 2.19. The second-order valence-corrected chi connectivity index (χ2v) is 5.54. The Morgan fingerprint density at radius 2 is 2.19 bits per heavy atom. The Hall–Kier alpha value is -0.390. The SMILES string of the molecule is O=C1CC(NCc2ccc(Br)c(Br)c2)CN1. The molecule has 1 aliphatic rings. The molecule has 16 heavy (non-hydrogen) atoms. The summed E-state index contributed by atoms with van der Waals surface area (Å²) in [6.45, 7) is 1.52. The van der Waals surface area contributed by atoms with Crippen molar-refractivity contribution < 1.29 is 4.79 Å². The van der Waals surface area contributed by atoms with E-state index in [0.717, 1.165) is 22.0 Å². The Balaban J connectivity index is 1.89. The van der Waals surface area contributed by atoms with Crippen LogP contribution < -0.4 is 10.6 Å². The lowest BCUT2D eigenvalue weighted by atomic mass is 10.2. The minimum atomic E-state index is 0.134. The smallest absolute Gasteiger partial charge is 0.221 e. The van der Waals surface area contributed by atoms with Gasteiger partial charge in [0.25, 0.3) is 0 Å². The highest BCUT2D eigenvalue weighted by molar-refractivity contribution is 9.13. The number of carbonyl (C=O) groups excluding carboxylic acids is 1. The van der Waals surface area contributed by atoms with Crippen molar-refractivity contribution in [3.05, 3.63) is 32.7 Å². The van der Waals surface area contributed by atoms with Gasteiger partial charge in [-0.25, -0.2) is 0 Å². The van der Waals surface area contributed by atoms with Crippen molar-refractivity contribution in [3.8, 4) is 0 Å². The summed E-state index contributed by atoms with van der Waals surface area (Å²) in [6.07, 6.45) is 0.581. The Labute approximate surface area is 111 Å². The van der Waals surface area contributed by atoms with Gasteiger partial charge in [-0.05, 0) is 49.6 Å². The fourth-order valence-electron chi connectivity index (χ4n) is 1.66. The molecule has 2 N–H and O–H groups in total. The van der Waals surface area contributed by atoms with E-state index in [2.05, 4.69) is 54.6 Å². The highest BCUT2D eigenvalue weighted by atomic mass is 79.9. The molecule has 0 bridgehead atoms. The van der Waals surface area contributed by atoms with Crippen molar-refractivity contribution in [2.24, 2.45) is 0 Å². The summed E-state index contributed by atoms with van der Waals surface area (Å²) in [6, 6.07) is 6.40. The Morgan fingerprint density at radius 1 is 1.38 bits per heavy atom. The van der Waals surface area contributed by atoms with E-state index in [0.29, 0.717) is 6.42 Å². The summed E-state index contributed by atoms with van der Waals surface area (Å²) >= 11 is 6.90. The van der Waals surface area contributed by atoms with Crippen molar-refractivity contribution in [1.29, 1.82) is 0 Å². The molecule has 1 aromatic carbocycles. The van der Waals surface area contributed by atoms with E-state index >= 15 is 0 Å². The lowest BCUT2D eigenvalue weighted by Gasteiger charge is -2.10. The lowest BCUT2D eigenvalue weighted by Crippen LogP contribution is -2.30. The molecular formula is C11H12Br2N2O. The number of hydrogen-bond donors (Lipinski definition) is 2. The Bertz CT molecular complexity index is 409. The van der Waals surface area contributed by atoms with E-state index in [-0.39, 0.29) is 11.9 Å². The van der Waals surface area contributed by atoms with Crippen LogP contribution in [0.4, 0.5) is 0 Å². The first-order valence-corrected chi connectivity index (χ1v) is 6.68. The quantitative estimate of drug-likeness (QED) is 0.880. The molecule has 1 atom stereocenters. The molecule has 1 aliphatic heterocycles. The molecular weight excluding hydrogens is 336 g/mol. The van der Waals surface area contributed by atoms with Gasteiger partial charge in [0.2, 0.25) is 5.91 Å². The maximum absolute atomic E-state index is 11.0. The van der Waals surface area contributed by atoms with Gasteiger partial charge in [0, 0.05) is 34.5 Å². The van der Waals surface area contributed by atoms with E-state index < -0.39 is 0 Å². The van der Waals surface area contributed by atoms with Crippen LogP contribution in [-0.4, -0.2) is 18.5 Å². The number of hydrogen-bond acceptors (Lipinski definition) is 2. The van der Waals surface area contributed by atoms with Gasteiger partial charge < -0.3 is 10.6 Å². The van der Waals surface area contributed by atoms with E-state index in [1.54, 1.807) is 0 Å². The zero-order valence-electron chi connectivity index (χ0n) is 8.59. The fourth-order valence-corrected chi connectivity index (χ4v) is 2.33. The van der Waals surface area contributed by atoms with Crippen molar-refractivity contribution in [3.63, 3.8) is 0 Å². The second-order valence-electron chi connectivity index (χ2n) is 3.83. The van der Waals surface area contributed by atoms with Gasteiger partial charge in [-0.2, -0.15) is 0 Å². The minimum absolute atomic E-state index is 0.134. The van der Waals surface area contributed by atoms with Gasteiger partial charge in [-0.15, -0.1) is 0 Å². The van der Waals surface area contributed by atoms with Gasteiger partial charge in [0.1, 0.15) is 0 Å². The van der Waals surface area contributed by atoms with E-state index in [9.17, 15) is 4.79 Å². The van der Waals surface area contributed by atoms with Crippen LogP contribution in [0.5, 0.6) is 0 Å². The van der Waals surface area contributed by atoms with Gasteiger partial charge in [0.15, 0.2) is 0 Å². The summed E-state index contributed by atoms with van der Waals surface area (Å²) < 4.78 is 2.10. The predicted molar refractivity (Wildman–Crippen MR) is 70.1 cm³/mol. The van der Waals surface area contributed by atoms with E-state index in [4.69, 9.17) is 0 Å². The normalized spacial score (nSPS) is 19.9. The van der Waals surface area contributed by atoms with E-state index in [1.165, 1.54) is 5.56 Å². The summed E-state index contributed by atoms with van der Waals surface area (Å²) in [7, 11) is 0. The topological polar surface area (TPSA) is 41.1 Å². The summed E-state index contributed by atoms with van der Waals surface area (Å²) in [5.41, 5.74) is 1.20. The summed E-state index contributed by atoms with van der Waals surface area (Å²) in [4.78, 5) is 11.0. The van der Waals surface area contributed by atoms with Gasteiger partial charge in [-0.1, -0.05) is 6.07 Å². The third-order valence-electron chi connectivity index (χ3n) is 2.56. The first kappa shape index (κ1) is 12.1. The third-order valence-corrected chi connectivity index (χ3v) is 4.44. The first-order valence-electron chi connectivity index (χ1n) is 5.09. The molecule has 86 valence electrons. The third kappa shape index (κ3) is 3.06. The maximum atomic E-state index is 11.0. The molecule has 0 radical (unpaired) electrons. The zero-order valence-corrected chi connectivity index (χ0v) is 11.8. The fraction of sp³-hybridized carbons (Fsp3) is 0.364. The van der Waals surface area contributed by atoms with Crippen LogP contribution in [0.25, 0.3) is 0 Å². The molecule has 1 heterocycles. The molecule has 0 aliphatic carbocycles. The number of nitrogens with one attached hydrogen (secondary N) is 2. The van der Waals surface area contributed by atoms with Gasteiger partial charge in [-0.3, -0.25) is 4.79 Å². The molecule has 5 heteroatoms. The van der Waals surface area contributed by atoms with Crippen molar-refractivity contribution in [2.75, 3.05) is 6.54 Å². The molecule has 3 nitrogen and oxygen atoms in total. The number of amides is 1. The average molecular weight is 348 g/mol. The molecule has 2 rings (SSSR count). The Kier molecular flexibility index (Phi) is 4.00. The second kappa shape index (κ2) is 5.29. The summed E-state index contributed by atoms with van der Waals surface area (Å²) in [5.74, 6) is 0.134. The van der Waals surface area contributed by atoms with Crippen LogP contribution in [0.15, 0.2) is 27.1 Å². The molecule has 0 spiro atoms. The number of halogens is 2. The minimum Gasteiger partial charge on any atom is -0.354 e. The van der Waals surface area contributed by atoms with Gasteiger partial charge >= 0.3 is 0 Å². The summed E-state index contributed by atoms with van der Waals surface area (Å²) in [5, 5.41) is 6.16. The highest BCUT2D eigenvalue weighted by Crippen LogP contribution is 2.23. The van der Waals surface area contributed by atoms with Crippen LogP contribution >= 0.6 is 31.9 Å². The molecule has 1 saturated heterocycles. The number of benzene rings is 1. The van der Waals surface area contributed by atoms with Crippen molar-refractivity contribution >= 4 is 37.8 Å². The van der Waals surface area contributed by atoms with Crippen LogP contribution in [-0.2, 0) is 11.3 Å². The zero-order chi connectivity index (χ0) is 11.5. The molecule has 1 unspecified atom stereocenters. The molecule has 1 fully saturated rings. The molecule has 1 amide bonds. The maximum Gasteiger partial charge on any atom is 0.221 e. The van der Waals surface area contributed by atoms with Crippen LogP contribution in [0.2, 0.25) is 0 Å². The lowest BCUT2D eigenvalue weighted by molar-refractivity contribution is -0.119. The molecule has 0 aromatic heterocycles. The Morgan fingerprint density at radius 3 is 2.81 bits per heavy atom. The van der Waals surface area contributed by atoms with Crippen LogP contribution in [0, 0.1) is 0 Å². The first-order chi connectivity index (χ1) is 7.65.